The molecule has 3 aromatic rings. The molecule has 0 bridgehead atoms. The standard InChI is InChI=1S/C26H25N3O5S/c1-17-5-7-18(8-6-17)26(2)24(31)29(25(32)27-26)16-23(30)28(15-20-4-3-13-35-20)19-9-10-21-22(14-19)34-12-11-33-21/h3-10,13-14H,11-12,15-16H2,1-2H3,(H,27,32). The smallest absolute Gasteiger partial charge is 0.325 e. The number of thiophene rings is 1. The molecule has 2 aliphatic rings. The molecule has 1 fully saturated rings. The number of benzene rings is 2. The summed E-state index contributed by atoms with van der Waals surface area (Å²) < 4.78 is 11.3. The van der Waals surface area contributed by atoms with Gasteiger partial charge in [-0.1, -0.05) is 35.9 Å². The largest absolute Gasteiger partial charge is 0.486 e. The lowest BCUT2D eigenvalue weighted by molar-refractivity contribution is -0.134. The van der Waals surface area contributed by atoms with E-state index in [0.717, 1.165) is 15.3 Å². The van der Waals surface area contributed by atoms with Crippen molar-refractivity contribution < 1.29 is 23.9 Å². The van der Waals surface area contributed by atoms with Crippen LogP contribution in [-0.4, -0.2) is 42.5 Å². The topological polar surface area (TPSA) is 88.2 Å². The lowest BCUT2D eigenvalue weighted by Gasteiger charge is -2.27. The van der Waals surface area contributed by atoms with Crippen molar-refractivity contribution in [3.05, 3.63) is 76.0 Å². The Balaban J connectivity index is 1.41. The summed E-state index contributed by atoms with van der Waals surface area (Å²) in [6.45, 7) is 4.42. The fourth-order valence-corrected chi connectivity index (χ4v) is 4.92. The van der Waals surface area contributed by atoms with Crippen LogP contribution in [0.2, 0.25) is 0 Å². The maximum atomic E-state index is 13.6. The Labute approximate surface area is 207 Å². The minimum atomic E-state index is -1.24. The number of rotatable bonds is 6. The van der Waals surface area contributed by atoms with Gasteiger partial charge in [0.1, 0.15) is 25.3 Å². The second kappa shape index (κ2) is 9.07. The van der Waals surface area contributed by atoms with Gasteiger partial charge in [0.15, 0.2) is 11.5 Å². The number of urea groups is 1. The van der Waals surface area contributed by atoms with E-state index in [1.165, 1.54) is 11.3 Å². The minimum Gasteiger partial charge on any atom is -0.486 e. The number of nitrogens with one attached hydrogen (secondary N) is 1. The fraction of sp³-hybridized carbons (Fsp3) is 0.269. The summed E-state index contributed by atoms with van der Waals surface area (Å²) in [6.07, 6.45) is 0. The van der Waals surface area contributed by atoms with Gasteiger partial charge in [-0.25, -0.2) is 4.79 Å². The number of ether oxygens (including phenoxy) is 2. The third-order valence-electron chi connectivity index (χ3n) is 6.23. The zero-order valence-electron chi connectivity index (χ0n) is 19.4. The lowest BCUT2D eigenvalue weighted by Crippen LogP contribution is -2.44. The number of carbonyl (C=O) groups is 3. The molecule has 35 heavy (non-hydrogen) atoms. The molecule has 0 spiro atoms. The van der Waals surface area contributed by atoms with Crippen LogP contribution in [0.15, 0.2) is 60.0 Å². The van der Waals surface area contributed by atoms with E-state index in [1.54, 1.807) is 30.0 Å². The second-order valence-electron chi connectivity index (χ2n) is 8.70. The number of nitrogens with zero attached hydrogens (tertiary/aromatic N) is 2. The van der Waals surface area contributed by atoms with Gasteiger partial charge in [-0.2, -0.15) is 0 Å². The molecule has 1 atom stereocenters. The van der Waals surface area contributed by atoms with Crippen molar-refractivity contribution in [2.75, 3.05) is 24.7 Å². The van der Waals surface area contributed by atoms with Crippen molar-refractivity contribution in [2.45, 2.75) is 25.9 Å². The summed E-state index contributed by atoms with van der Waals surface area (Å²) in [6, 6.07) is 16.0. The minimum absolute atomic E-state index is 0.301. The van der Waals surface area contributed by atoms with Gasteiger partial charge in [0.05, 0.1) is 6.54 Å². The zero-order chi connectivity index (χ0) is 24.6. The molecule has 180 valence electrons. The summed E-state index contributed by atoms with van der Waals surface area (Å²) in [4.78, 5) is 43.3. The van der Waals surface area contributed by atoms with Crippen LogP contribution in [0.3, 0.4) is 0 Å². The third-order valence-corrected chi connectivity index (χ3v) is 7.09. The molecule has 1 unspecified atom stereocenters. The molecule has 1 aromatic heterocycles. The molecule has 2 aliphatic heterocycles. The highest BCUT2D eigenvalue weighted by molar-refractivity contribution is 7.09. The first-order valence-electron chi connectivity index (χ1n) is 11.3. The summed E-state index contributed by atoms with van der Waals surface area (Å²) in [5.41, 5.74) is 1.07. The molecule has 2 aromatic carbocycles. The highest BCUT2D eigenvalue weighted by atomic mass is 32.1. The molecule has 0 aliphatic carbocycles. The van der Waals surface area contributed by atoms with E-state index in [1.807, 2.05) is 48.7 Å². The summed E-state index contributed by atoms with van der Waals surface area (Å²) >= 11 is 1.52. The predicted octanol–water partition coefficient (Wildman–Crippen LogP) is 3.83. The van der Waals surface area contributed by atoms with Gasteiger partial charge in [-0.3, -0.25) is 14.5 Å². The number of fused-ring (bicyclic) bond motifs is 1. The highest BCUT2D eigenvalue weighted by Gasteiger charge is 2.49. The Hall–Kier alpha value is -3.85. The van der Waals surface area contributed by atoms with E-state index in [2.05, 4.69) is 5.32 Å². The molecule has 8 nitrogen and oxygen atoms in total. The first-order valence-corrected chi connectivity index (χ1v) is 12.2. The number of imide groups is 1. The van der Waals surface area contributed by atoms with Gasteiger partial charge < -0.3 is 19.7 Å². The second-order valence-corrected chi connectivity index (χ2v) is 9.73. The SMILES string of the molecule is Cc1ccc(C2(C)NC(=O)N(CC(=O)N(Cc3cccs3)c3ccc4c(c3)OCCO4)C2=O)cc1. The van der Waals surface area contributed by atoms with E-state index in [4.69, 9.17) is 9.47 Å². The molecule has 0 radical (unpaired) electrons. The third kappa shape index (κ3) is 4.35. The van der Waals surface area contributed by atoms with Crippen molar-refractivity contribution in [3.63, 3.8) is 0 Å². The maximum Gasteiger partial charge on any atom is 0.325 e. The Morgan fingerprint density at radius 1 is 1.09 bits per heavy atom. The van der Waals surface area contributed by atoms with E-state index in [-0.39, 0.29) is 12.5 Å². The fourth-order valence-electron chi connectivity index (χ4n) is 4.23. The molecule has 1 saturated heterocycles. The first-order chi connectivity index (χ1) is 16.8. The molecule has 5 rings (SSSR count). The van der Waals surface area contributed by atoms with Crippen molar-refractivity contribution in [1.82, 2.24) is 10.2 Å². The van der Waals surface area contributed by atoms with Crippen LogP contribution in [0.25, 0.3) is 0 Å². The number of hydrogen-bond acceptors (Lipinski definition) is 6. The predicted molar refractivity (Wildman–Crippen MR) is 132 cm³/mol. The van der Waals surface area contributed by atoms with Gasteiger partial charge in [-0.15, -0.1) is 11.3 Å². The Morgan fingerprint density at radius 3 is 2.54 bits per heavy atom. The van der Waals surface area contributed by atoms with Crippen LogP contribution in [-0.2, 0) is 21.7 Å². The molecule has 3 heterocycles. The molecule has 0 saturated carbocycles. The number of amides is 4. The van der Waals surface area contributed by atoms with Crippen LogP contribution in [0.4, 0.5) is 10.5 Å². The number of carbonyl (C=O) groups excluding carboxylic acids is 3. The van der Waals surface area contributed by atoms with Crippen LogP contribution in [0.5, 0.6) is 11.5 Å². The van der Waals surface area contributed by atoms with Gasteiger partial charge in [0.25, 0.3) is 5.91 Å². The average molecular weight is 492 g/mol. The zero-order valence-corrected chi connectivity index (χ0v) is 20.3. The van der Waals surface area contributed by atoms with Crippen LogP contribution < -0.4 is 19.7 Å². The normalized spacial score (nSPS) is 19.0. The van der Waals surface area contributed by atoms with E-state index < -0.39 is 17.5 Å². The van der Waals surface area contributed by atoms with Crippen molar-refractivity contribution in [3.8, 4) is 11.5 Å². The first kappa shape index (κ1) is 22.9. The summed E-state index contributed by atoms with van der Waals surface area (Å²) in [5, 5.41) is 4.71. The number of aryl methyl sites for hydroxylation is 1. The average Bonchev–Trinajstić information content (AvgIpc) is 3.45. The molecule has 1 N–H and O–H groups in total. The van der Waals surface area contributed by atoms with Crippen LogP contribution in [0, 0.1) is 6.92 Å². The van der Waals surface area contributed by atoms with Gasteiger partial charge in [0, 0.05) is 16.6 Å². The monoisotopic (exact) mass is 491 g/mol. The van der Waals surface area contributed by atoms with Crippen LogP contribution in [0.1, 0.15) is 22.9 Å². The number of anilines is 1. The van der Waals surface area contributed by atoms with Crippen molar-refractivity contribution in [1.29, 1.82) is 0 Å². The van der Waals surface area contributed by atoms with E-state index >= 15 is 0 Å². The summed E-state index contributed by atoms with van der Waals surface area (Å²) in [5.74, 6) is 0.329. The highest BCUT2D eigenvalue weighted by Crippen LogP contribution is 2.35. The quantitative estimate of drug-likeness (QED) is 0.530. The maximum absolute atomic E-state index is 13.6. The van der Waals surface area contributed by atoms with Gasteiger partial charge in [-0.05, 0) is 43.0 Å². The lowest BCUT2D eigenvalue weighted by atomic mass is 9.91. The van der Waals surface area contributed by atoms with Gasteiger partial charge >= 0.3 is 6.03 Å². The van der Waals surface area contributed by atoms with Crippen molar-refractivity contribution in [2.24, 2.45) is 0 Å². The molecule has 4 amide bonds. The Kier molecular flexibility index (Phi) is 5.94. The number of hydrogen-bond donors (Lipinski definition) is 1. The van der Waals surface area contributed by atoms with E-state index in [0.29, 0.717) is 42.5 Å². The Bertz CT molecular complexity index is 1270. The van der Waals surface area contributed by atoms with Crippen molar-refractivity contribution >= 4 is 34.9 Å². The molecule has 9 heteroatoms. The Morgan fingerprint density at radius 2 is 1.83 bits per heavy atom. The molecular formula is C26H25N3O5S. The van der Waals surface area contributed by atoms with Crippen LogP contribution >= 0.6 is 11.3 Å². The molecular weight excluding hydrogens is 466 g/mol. The van der Waals surface area contributed by atoms with E-state index in [9.17, 15) is 14.4 Å². The summed E-state index contributed by atoms with van der Waals surface area (Å²) in [7, 11) is 0. The van der Waals surface area contributed by atoms with Gasteiger partial charge in [0.2, 0.25) is 5.91 Å².